The van der Waals surface area contributed by atoms with Gasteiger partial charge in [-0.2, -0.15) is 0 Å². The first-order valence-electron chi connectivity index (χ1n) is 5.12. The molecule has 0 bridgehead atoms. The van der Waals surface area contributed by atoms with Gasteiger partial charge in [-0.25, -0.2) is 0 Å². The monoisotopic (exact) mass is 224 g/mol. The zero-order chi connectivity index (χ0) is 11.3. The smallest absolute Gasteiger partial charge is 0.225 e. The van der Waals surface area contributed by atoms with Crippen molar-refractivity contribution in [2.75, 3.05) is 0 Å². The van der Waals surface area contributed by atoms with Crippen LogP contribution < -0.4 is 0 Å². The number of hydrogen-bond acceptors (Lipinski definition) is 1. The molecule has 2 nitrogen and oxygen atoms in total. The van der Waals surface area contributed by atoms with Crippen molar-refractivity contribution >= 4 is 13.4 Å². The Balaban J connectivity index is 2.78. The average molecular weight is 224 g/mol. The van der Waals surface area contributed by atoms with E-state index in [1.165, 1.54) is 5.82 Å². The van der Waals surface area contributed by atoms with E-state index in [-0.39, 0.29) is 5.66 Å². The highest BCUT2D eigenvalue weighted by Crippen LogP contribution is 2.49. The lowest BCUT2D eigenvalue weighted by Crippen LogP contribution is -1.98. The van der Waals surface area contributed by atoms with Gasteiger partial charge in [0.05, 0.1) is 0 Å². The van der Waals surface area contributed by atoms with Gasteiger partial charge in [-0.3, -0.25) is 4.57 Å². The van der Waals surface area contributed by atoms with Crippen LogP contribution in [0.1, 0.15) is 25.8 Å². The summed E-state index contributed by atoms with van der Waals surface area (Å²) in [4.78, 5) is 9.71. The molecule has 2 unspecified atom stereocenters. The SMILES string of the molecule is CCC(C)P(=O)(O)/C=C/c1ccccc1. The first-order chi connectivity index (χ1) is 7.06. The largest absolute Gasteiger partial charge is 0.341 e. The van der Waals surface area contributed by atoms with Crippen molar-refractivity contribution in [1.29, 1.82) is 0 Å². The van der Waals surface area contributed by atoms with Crippen LogP contribution in [0, 0.1) is 0 Å². The summed E-state index contributed by atoms with van der Waals surface area (Å²) in [7, 11) is -3.13. The maximum absolute atomic E-state index is 11.8. The first-order valence-corrected chi connectivity index (χ1v) is 6.92. The van der Waals surface area contributed by atoms with Crippen LogP contribution in [0.3, 0.4) is 0 Å². The second-order valence-electron chi connectivity index (χ2n) is 3.66. The number of benzene rings is 1. The maximum atomic E-state index is 11.8. The van der Waals surface area contributed by atoms with Crippen LogP contribution in [-0.2, 0) is 4.57 Å². The highest BCUT2D eigenvalue weighted by Gasteiger charge is 2.21. The molecule has 0 saturated carbocycles. The van der Waals surface area contributed by atoms with Crippen molar-refractivity contribution in [3.63, 3.8) is 0 Å². The van der Waals surface area contributed by atoms with Crippen molar-refractivity contribution < 1.29 is 9.46 Å². The van der Waals surface area contributed by atoms with Crippen LogP contribution in [0.25, 0.3) is 6.08 Å². The highest BCUT2D eigenvalue weighted by molar-refractivity contribution is 7.62. The summed E-state index contributed by atoms with van der Waals surface area (Å²) in [5.74, 6) is 1.44. The van der Waals surface area contributed by atoms with Crippen LogP contribution >= 0.6 is 7.37 Å². The van der Waals surface area contributed by atoms with Gasteiger partial charge in [-0.1, -0.05) is 44.2 Å². The molecule has 2 atom stereocenters. The summed E-state index contributed by atoms with van der Waals surface area (Å²) in [6.07, 6.45) is 2.43. The molecule has 0 amide bonds. The van der Waals surface area contributed by atoms with Gasteiger partial charge in [-0.05, 0) is 18.1 Å². The second-order valence-corrected chi connectivity index (χ2v) is 6.18. The predicted molar refractivity (Wildman–Crippen MR) is 65.1 cm³/mol. The Morgan fingerprint density at radius 2 is 2.00 bits per heavy atom. The second kappa shape index (κ2) is 5.29. The molecule has 0 aliphatic rings. The third-order valence-corrected chi connectivity index (χ3v) is 4.71. The Labute approximate surface area is 91.1 Å². The summed E-state index contributed by atoms with van der Waals surface area (Å²) >= 11 is 0. The van der Waals surface area contributed by atoms with Crippen molar-refractivity contribution in [2.24, 2.45) is 0 Å². The zero-order valence-electron chi connectivity index (χ0n) is 9.13. The van der Waals surface area contributed by atoms with E-state index in [0.29, 0.717) is 6.42 Å². The van der Waals surface area contributed by atoms with E-state index in [4.69, 9.17) is 0 Å². The van der Waals surface area contributed by atoms with Crippen LogP contribution in [-0.4, -0.2) is 10.6 Å². The molecule has 82 valence electrons. The molecule has 0 aliphatic heterocycles. The summed E-state index contributed by atoms with van der Waals surface area (Å²) in [6.45, 7) is 3.72. The minimum atomic E-state index is -3.13. The summed E-state index contributed by atoms with van der Waals surface area (Å²) in [5.41, 5.74) is 0.785. The lowest BCUT2D eigenvalue weighted by Gasteiger charge is -2.13. The van der Waals surface area contributed by atoms with Crippen LogP contribution in [0.4, 0.5) is 0 Å². The minimum Gasteiger partial charge on any atom is -0.341 e. The molecule has 1 aromatic carbocycles. The third kappa shape index (κ3) is 3.65. The van der Waals surface area contributed by atoms with Crippen molar-refractivity contribution in [2.45, 2.75) is 25.9 Å². The van der Waals surface area contributed by atoms with Crippen molar-refractivity contribution in [1.82, 2.24) is 0 Å². The van der Waals surface area contributed by atoms with E-state index >= 15 is 0 Å². The standard InChI is InChI=1S/C12H17O2P/c1-3-11(2)15(13,14)10-9-12-7-5-4-6-8-12/h4-11H,3H2,1-2H3,(H,13,14)/b10-9+. The number of rotatable bonds is 4. The molecule has 0 fully saturated rings. The van der Waals surface area contributed by atoms with E-state index in [1.807, 2.05) is 37.3 Å². The normalized spacial score (nSPS) is 17.5. The predicted octanol–water partition coefficient (Wildman–Crippen LogP) is 3.73. The molecule has 3 heteroatoms. The molecule has 0 radical (unpaired) electrons. The van der Waals surface area contributed by atoms with E-state index in [2.05, 4.69) is 0 Å². The topological polar surface area (TPSA) is 37.3 Å². The zero-order valence-corrected chi connectivity index (χ0v) is 10.0. The third-order valence-electron chi connectivity index (χ3n) is 2.50. The molecule has 0 spiro atoms. The van der Waals surface area contributed by atoms with Gasteiger partial charge in [0.15, 0.2) is 0 Å². The Morgan fingerprint density at radius 3 is 2.53 bits per heavy atom. The summed E-state index contributed by atoms with van der Waals surface area (Å²) in [6, 6.07) is 9.56. The van der Waals surface area contributed by atoms with Crippen LogP contribution in [0.15, 0.2) is 36.1 Å². The molecule has 0 saturated heterocycles. The van der Waals surface area contributed by atoms with Gasteiger partial charge in [0, 0.05) is 11.5 Å². The van der Waals surface area contributed by atoms with Gasteiger partial charge in [-0.15, -0.1) is 0 Å². The Hall–Kier alpha value is -0.850. The van der Waals surface area contributed by atoms with Gasteiger partial charge in [0.2, 0.25) is 7.37 Å². The Kier molecular flexibility index (Phi) is 4.31. The molecule has 15 heavy (non-hydrogen) atoms. The molecule has 0 aromatic heterocycles. The summed E-state index contributed by atoms with van der Waals surface area (Å²) < 4.78 is 11.8. The summed E-state index contributed by atoms with van der Waals surface area (Å²) in [5, 5.41) is 0. The fourth-order valence-electron chi connectivity index (χ4n) is 1.17. The molecular formula is C12H17O2P. The number of hydrogen-bond donors (Lipinski definition) is 1. The molecule has 0 aliphatic carbocycles. The fourth-order valence-corrected chi connectivity index (χ4v) is 2.37. The van der Waals surface area contributed by atoms with E-state index in [1.54, 1.807) is 13.0 Å². The molecule has 1 aromatic rings. The van der Waals surface area contributed by atoms with Gasteiger partial charge in [0.1, 0.15) is 0 Å². The lowest BCUT2D eigenvalue weighted by atomic mass is 10.2. The quantitative estimate of drug-likeness (QED) is 0.791. The van der Waals surface area contributed by atoms with Gasteiger partial charge >= 0.3 is 0 Å². The van der Waals surface area contributed by atoms with Gasteiger partial charge < -0.3 is 4.89 Å². The molecule has 1 N–H and O–H groups in total. The molecule has 1 rings (SSSR count). The Bertz CT molecular complexity index is 370. The first kappa shape index (κ1) is 12.2. The van der Waals surface area contributed by atoms with Crippen LogP contribution in [0.2, 0.25) is 0 Å². The Morgan fingerprint density at radius 1 is 1.40 bits per heavy atom. The minimum absolute atomic E-state index is 0.169. The van der Waals surface area contributed by atoms with Crippen molar-refractivity contribution in [3.8, 4) is 0 Å². The molecular weight excluding hydrogens is 207 g/mol. The van der Waals surface area contributed by atoms with E-state index in [9.17, 15) is 9.46 Å². The van der Waals surface area contributed by atoms with Crippen LogP contribution in [0.5, 0.6) is 0 Å². The van der Waals surface area contributed by atoms with E-state index in [0.717, 1.165) is 5.56 Å². The van der Waals surface area contributed by atoms with E-state index < -0.39 is 7.37 Å². The fraction of sp³-hybridized carbons (Fsp3) is 0.333. The van der Waals surface area contributed by atoms with Crippen molar-refractivity contribution in [3.05, 3.63) is 41.7 Å². The maximum Gasteiger partial charge on any atom is 0.225 e. The average Bonchev–Trinajstić information content (AvgIpc) is 2.27. The highest BCUT2D eigenvalue weighted by atomic mass is 31.2. The molecule has 0 heterocycles. The van der Waals surface area contributed by atoms with Gasteiger partial charge in [0.25, 0.3) is 0 Å². The lowest BCUT2D eigenvalue weighted by molar-refractivity contribution is 0.475.